The van der Waals surface area contributed by atoms with Gasteiger partial charge in [0.1, 0.15) is 16.1 Å². The second-order valence-corrected chi connectivity index (χ2v) is 7.50. The lowest BCUT2D eigenvalue weighted by molar-refractivity contribution is -0.118. The zero-order valence-corrected chi connectivity index (χ0v) is 13.8. The first-order valence-electron chi connectivity index (χ1n) is 6.86. The normalized spacial score (nSPS) is 17.1. The molecule has 1 aromatic heterocycles. The number of pyridine rings is 1. The van der Waals surface area contributed by atoms with E-state index in [9.17, 15) is 13.2 Å². The molecule has 3 rings (SSSR count). The molecule has 23 heavy (non-hydrogen) atoms. The Morgan fingerprint density at radius 3 is 2.74 bits per heavy atom. The number of nitrogens with two attached hydrogens (primary N) is 1. The first-order chi connectivity index (χ1) is 10.8. The molecular formula is C15H14ClN3O3S. The Kier molecular flexibility index (Phi) is 3.77. The Labute approximate surface area is 138 Å². The highest BCUT2D eigenvalue weighted by atomic mass is 35.5. The predicted molar refractivity (Wildman–Crippen MR) is 86.8 cm³/mol. The number of hydrogen-bond donors (Lipinski definition) is 1. The van der Waals surface area contributed by atoms with E-state index >= 15 is 0 Å². The summed E-state index contributed by atoms with van der Waals surface area (Å²) in [7, 11) is -3.97. The van der Waals surface area contributed by atoms with Gasteiger partial charge in [-0.1, -0.05) is 29.8 Å². The van der Waals surface area contributed by atoms with Crippen molar-refractivity contribution in [3.8, 4) is 0 Å². The number of sulfonamides is 1. The van der Waals surface area contributed by atoms with Crippen molar-refractivity contribution in [3.05, 3.63) is 52.8 Å². The number of hydrogen-bond acceptors (Lipinski definition) is 4. The zero-order chi connectivity index (χ0) is 16.8. The Morgan fingerprint density at radius 1 is 1.39 bits per heavy atom. The fourth-order valence-electron chi connectivity index (χ4n) is 2.66. The number of aromatic nitrogens is 1. The lowest BCUT2D eigenvalue weighted by atomic mass is 10.1. The van der Waals surface area contributed by atoms with Crippen molar-refractivity contribution in [1.29, 1.82) is 0 Å². The van der Waals surface area contributed by atoms with Crippen LogP contribution in [0.3, 0.4) is 0 Å². The smallest absolute Gasteiger partial charge is 0.266 e. The number of anilines is 1. The van der Waals surface area contributed by atoms with Crippen LogP contribution in [0.2, 0.25) is 5.15 Å². The number of amides is 1. The third-order valence-corrected chi connectivity index (χ3v) is 5.98. The third-order valence-electron chi connectivity index (χ3n) is 3.80. The molecule has 0 bridgehead atoms. The number of fused-ring (bicyclic) bond motifs is 1. The molecule has 2 aromatic rings. The minimum atomic E-state index is -3.97. The first-order valence-corrected chi connectivity index (χ1v) is 8.68. The maximum absolute atomic E-state index is 13.0. The molecule has 2 heterocycles. The molecule has 1 aliphatic rings. The molecule has 2 N–H and O–H groups in total. The van der Waals surface area contributed by atoms with Crippen LogP contribution in [0.25, 0.3) is 0 Å². The number of carbonyl (C=O) groups excluding carboxylic acids is 1. The van der Waals surface area contributed by atoms with Crippen molar-refractivity contribution < 1.29 is 13.2 Å². The predicted octanol–water partition coefficient (Wildman–Crippen LogP) is 1.65. The number of para-hydroxylation sites is 1. The Morgan fingerprint density at radius 2 is 2.09 bits per heavy atom. The van der Waals surface area contributed by atoms with E-state index in [0.717, 1.165) is 9.87 Å². The van der Waals surface area contributed by atoms with E-state index in [1.54, 1.807) is 31.2 Å². The van der Waals surface area contributed by atoms with Gasteiger partial charge in [0.2, 0.25) is 5.91 Å². The van der Waals surface area contributed by atoms with Gasteiger partial charge in [-0.3, -0.25) is 9.10 Å². The Hall–Kier alpha value is -2.12. The van der Waals surface area contributed by atoms with Crippen LogP contribution in [0, 0.1) is 6.92 Å². The van der Waals surface area contributed by atoms with Crippen molar-refractivity contribution in [2.75, 3.05) is 4.31 Å². The lowest BCUT2D eigenvalue weighted by Crippen LogP contribution is -2.46. The second-order valence-electron chi connectivity index (χ2n) is 5.33. The lowest BCUT2D eigenvalue weighted by Gasteiger charge is -2.25. The number of aryl methyl sites for hydroxylation is 1. The van der Waals surface area contributed by atoms with E-state index in [-0.39, 0.29) is 16.5 Å². The first kappa shape index (κ1) is 15.8. The van der Waals surface area contributed by atoms with Crippen LogP contribution in [0.4, 0.5) is 5.69 Å². The van der Waals surface area contributed by atoms with Gasteiger partial charge < -0.3 is 5.73 Å². The summed E-state index contributed by atoms with van der Waals surface area (Å²) < 4.78 is 27.1. The summed E-state index contributed by atoms with van der Waals surface area (Å²) in [6, 6.07) is 7.44. The van der Waals surface area contributed by atoms with Gasteiger partial charge in [-0.2, -0.15) is 0 Å². The third kappa shape index (κ3) is 2.55. The van der Waals surface area contributed by atoms with Crippen molar-refractivity contribution in [2.24, 2.45) is 5.73 Å². The Bertz CT molecular complexity index is 899. The van der Waals surface area contributed by atoms with Gasteiger partial charge in [0.05, 0.1) is 5.69 Å². The molecule has 0 saturated carbocycles. The molecule has 0 radical (unpaired) electrons. The quantitative estimate of drug-likeness (QED) is 0.851. The second kappa shape index (κ2) is 5.50. The number of benzene rings is 1. The van der Waals surface area contributed by atoms with Gasteiger partial charge in [-0.15, -0.1) is 0 Å². The topological polar surface area (TPSA) is 93.4 Å². The van der Waals surface area contributed by atoms with Crippen molar-refractivity contribution in [2.45, 2.75) is 24.3 Å². The number of rotatable bonds is 3. The highest BCUT2D eigenvalue weighted by molar-refractivity contribution is 7.93. The fourth-order valence-corrected chi connectivity index (χ4v) is 4.45. The van der Waals surface area contributed by atoms with E-state index in [2.05, 4.69) is 4.98 Å². The molecule has 0 saturated heterocycles. The van der Waals surface area contributed by atoms with Crippen LogP contribution < -0.4 is 10.0 Å². The van der Waals surface area contributed by atoms with Crippen LogP contribution in [0.1, 0.15) is 11.1 Å². The summed E-state index contributed by atoms with van der Waals surface area (Å²) in [5, 5.41) is 0.234. The molecule has 0 fully saturated rings. The van der Waals surface area contributed by atoms with Crippen molar-refractivity contribution in [3.63, 3.8) is 0 Å². The van der Waals surface area contributed by atoms with Crippen LogP contribution in [0.15, 0.2) is 41.4 Å². The van der Waals surface area contributed by atoms with Crippen molar-refractivity contribution >= 4 is 33.2 Å². The summed E-state index contributed by atoms with van der Waals surface area (Å²) in [5.41, 5.74) is 7.18. The van der Waals surface area contributed by atoms with Gasteiger partial charge >= 0.3 is 0 Å². The van der Waals surface area contributed by atoms with Crippen molar-refractivity contribution in [1.82, 2.24) is 4.98 Å². The molecule has 120 valence electrons. The molecule has 0 aliphatic carbocycles. The number of halogens is 1. The molecule has 0 spiro atoms. The highest BCUT2D eigenvalue weighted by Gasteiger charge is 2.41. The zero-order valence-electron chi connectivity index (χ0n) is 12.2. The summed E-state index contributed by atoms with van der Waals surface area (Å²) in [5.74, 6) is -0.691. The van der Waals surface area contributed by atoms with Gasteiger partial charge in [-0.05, 0) is 30.2 Å². The average molecular weight is 352 g/mol. The average Bonchev–Trinajstić information content (AvgIpc) is 2.90. The summed E-state index contributed by atoms with van der Waals surface area (Å²) in [6.45, 7) is 1.66. The van der Waals surface area contributed by atoms with E-state index in [1.165, 1.54) is 12.3 Å². The SMILES string of the molecule is Cc1cc(S(=O)(=O)N2c3ccccc3C[C@H]2C(N)=O)cnc1Cl. The monoisotopic (exact) mass is 351 g/mol. The maximum Gasteiger partial charge on any atom is 0.266 e. The Balaban J connectivity index is 2.16. The minimum absolute atomic E-state index is 0.0256. The molecule has 0 unspecified atom stereocenters. The summed E-state index contributed by atoms with van der Waals surface area (Å²) >= 11 is 5.86. The molecule has 1 aliphatic heterocycles. The minimum Gasteiger partial charge on any atom is -0.368 e. The summed E-state index contributed by atoms with van der Waals surface area (Å²) in [4.78, 5) is 15.6. The van der Waals surface area contributed by atoms with E-state index in [4.69, 9.17) is 17.3 Å². The van der Waals surface area contributed by atoms with E-state index in [0.29, 0.717) is 11.3 Å². The van der Waals surface area contributed by atoms with E-state index < -0.39 is 22.0 Å². The van der Waals surface area contributed by atoms with Crippen LogP contribution in [0.5, 0.6) is 0 Å². The maximum atomic E-state index is 13.0. The van der Waals surface area contributed by atoms with Gasteiger partial charge in [0.15, 0.2) is 0 Å². The number of nitrogens with zero attached hydrogens (tertiary/aromatic N) is 2. The highest BCUT2D eigenvalue weighted by Crippen LogP contribution is 2.36. The van der Waals surface area contributed by atoms with Crippen LogP contribution >= 0.6 is 11.6 Å². The fraction of sp³-hybridized carbons (Fsp3) is 0.200. The molecular weight excluding hydrogens is 338 g/mol. The van der Waals surface area contributed by atoms with E-state index in [1.807, 2.05) is 0 Å². The van der Waals surface area contributed by atoms with Gasteiger partial charge in [0, 0.05) is 12.6 Å². The van der Waals surface area contributed by atoms with Crippen LogP contribution in [-0.2, 0) is 21.2 Å². The largest absolute Gasteiger partial charge is 0.368 e. The van der Waals surface area contributed by atoms with Crippen LogP contribution in [-0.4, -0.2) is 25.4 Å². The molecule has 1 aromatic carbocycles. The molecule has 1 atom stereocenters. The molecule has 6 nitrogen and oxygen atoms in total. The number of primary amides is 1. The summed E-state index contributed by atoms with van der Waals surface area (Å²) in [6.07, 6.45) is 1.44. The van der Waals surface area contributed by atoms with Gasteiger partial charge in [0.25, 0.3) is 10.0 Å². The standard InChI is InChI=1S/C15H14ClN3O3S/c1-9-6-11(8-18-14(9)16)23(21,22)19-12-5-3-2-4-10(12)7-13(19)15(17)20/h2-6,8,13H,7H2,1H3,(H2,17,20)/t13-/m0/s1. The van der Waals surface area contributed by atoms with Gasteiger partial charge in [-0.25, -0.2) is 13.4 Å². The molecule has 8 heteroatoms. The number of carbonyl (C=O) groups is 1. The molecule has 1 amide bonds.